The first kappa shape index (κ1) is 28.2. The highest BCUT2D eigenvalue weighted by molar-refractivity contribution is 8.14. The number of ether oxygens (including phenoxy) is 1. The smallest absolute Gasteiger partial charge is 0.305 e. The molecule has 4 rings (SSSR count). The first-order chi connectivity index (χ1) is 18.4. The number of Topliss-reactive ketones (excluding diaryl/α,β-unsaturated/α-hetero) is 1. The minimum absolute atomic E-state index is 0.0170. The van der Waals surface area contributed by atoms with Crippen molar-refractivity contribution in [2.24, 2.45) is 5.92 Å². The Balaban J connectivity index is 1.54. The molecule has 1 saturated carbocycles. The van der Waals surface area contributed by atoms with Crippen molar-refractivity contribution in [1.82, 2.24) is 19.9 Å². The number of halogens is 1. The number of aromatic nitrogens is 3. The van der Waals surface area contributed by atoms with E-state index in [-0.39, 0.29) is 33.9 Å². The van der Waals surface area contributed by atoms with Crippen molar-refractivity contribution < 1.29 is 23.5 Å². The maximum absolute atomic E-state index is 14.9. The average molecular weight is 543 g/mol. The van der Waals surface area contributed by atoms with E-state index in [0.717, 1.165) is 30.5 Å². The van der Waals surface area contributed by atoms with Crippen molar-refractivity contribution in [3.05, 3.63) is 53.1 Å². The van der Waals surface area contributed by atoms with Gasteiger partial charge in [0.05, 0.1) is 24.5 Å². The van der Waals surface area contributed by atoms with E-state index in [4.69, 9.17) is 4.74 Å². The minimum atomic E-state index is -0.652. The molecule has 2 atom stereocenters. The summed E-state index contributed by atoms with van der Waals surface area (Å²) in [6.45, 7) is 5.34. The lowest BCUT2D eigenvalue weighted by Gasteiger charge is -2.38. The lowest BCUT2D eigenvalue weighted by molar-refractivity contribution is -0.143. The first-order valence-corrected chi connectivity index (χ1v) is 14.2. The highest BCUT2D eigenvalue weighted by atomic mass is 32.2. The highest BCUT2D eigenvalue weighted by Gasteiger charge is 2.41. The third kappa shape index (κ3) is 7.38. The fourth-order valence-electron chi connectivity index (χ4n) is 4.90. The second-order valence-electron chi connectivity index (χ2n) is 9.82. The number of unbranched alkanes of at least 4 members (excludes halogenated alkanes) is 1. The van der Waals surface area contributed by atoms with E-state index in [1.807, 2.05) is 6.08 Å². The predicted molar refractivity (Wildman–Crippen MR) is 144 cm³/mol. The number of hydrogen-bond donors (Lipinski definition) is 0. The monoisotopic (exact) mass is 542 g/mol. The Morgan fingerprint density at radius 1 is 1.21 bits per heavy atom. The molecule has 0 radical (unpaired) electrons. The van der Waals surface area contributed by atoms with Crippen LogP contribution >= 0.6 is 11.8 Å². The summed E-state index contributed by atoms with van der Waals surface area (Å²) in [5.74, 6) is -0.524. The molecular weight excluding hydrogens is 507 g/mol. The molecule has 2 aliphatic rings. The van der Waals surface area contributed by atoms with Gasteiger partial charge in [-0.15, -0.1) is 5.10 Å². The van der Waals surface area contributed by atoms with E-state index < -0.39 is 6.04 Å². The number of carbonyl (C=O) groups excluding carboxylic acids is 3. The molecule has 1 aliphatic carbocycles. The SMILES string of the molecule is CCOC(=O)CCCCn1nncc1C=C1CN(C(C(=O)C2CC2)c2ccccc2F)CCC1SC(C)=O. The molecule has 2 fully saturated rings. The second kappa shape index (κ2) is 13.3. The standard InChI is InChI=1S/C28H35FN4O4S/c1-3-37-26(35)10-6-7-14-33-22(17-30-31-33)16-21-18-32(15-13-25(21)38-19(2)34)27(28(36)20-11-12-20)23-8-4-5-9-24(23)29/h4-5,8-9,16-17,20,25,27H,3,6-7,10-15,18H2,1-2H3. The van der Waals surface area contributed by atoms with E-state index in [1.165, 1.54) is 17.8 Å². The van der Waals surface area contributed by atoms with Crippen molar-refractivity contribution in [2.45, 2.75) is 70.2 Å². The average Bonchev–Trinajstić information content (AvgIpc) is 3.65. The van der Waals surface area contributed by atoms with Gasteiger partial charge in [-0.1, -0.05) is 35.2 Å². The van der Waals surface area contributed by atoms with Gasteiger partial charge in [-0.25, -0.2) is 9.07 Å². The molecule has 10 heteroatoms. The Morgan fingerprint density at radius 2 is 2.00 bits per heavy atom. The van der Waals surface area contributed by atoms with Crippen molar-refractivity contribution in [2.75, 3.05) is 19.7 Å². The van der Waals surface area contributed by atoms with Crippen LogP contribution in [0.25, 0.3) is 6.08 Å². The van der Waals surface area contributed by atoms with Gasteiger partial charge in [0.15, 0.2) is 10.9 Å². The van der Waals surface area contributed by atoms with E-state index in [9.17, 15) is 18.8 Å². The van der Waals surface area contributed by atoms with Gasteiger partial charge in [-0.3, -0.25) is 19.3 Å². The van der Waals surface area contributed by atoms with Crippen LogP contribution in [0.15, 0.2) is 36.0 Å². The van der Waals surface area contributed by atoms with E-state index in [1.54, 1.807) is 42.9 Å². The molecule has 2 aromatic rings. The Kier molecular flexibility index (Phi) is 9.85. The Morgan fingerprint density at radius 3 is 2.71 bits per heavy atom. The maximum atomic E-state index is 14.9. The van der Waals surface area contributed by atoms with Crippen LogP contribution in [-0.2, 0) is 25.7 Å². The first-order valence-electron chi connectivity index (χ1n) is 13.3. The zero-order chi connectivity index (χ0) is 27.1. The maximum Gasteiger partial charge on any atom is 0.305 e. The minimum Gasteiger partial charge on any atom is -0.466 e. The lowest BCUT2D eigenvalue weighted by atomic mass is 9.93. The molecule has 1 saturated heterocycles. The van der Waals surface area contributed by atoms with Crippen molar-refractivity contribution >= 4 is 34.7 Å². The topological polar surface area (TPSA) is 94.4 Å². The number of benzene rings is 1. The van der Waals surface area contributed by atoms with Crippen LogP contribution < -0.4 is 0 Å². The fraction of sp³-hybridized carbons (Fsp3) is 0.536. The zero-order valence-corrected chi connectivity index (χ0v) is 22.8. The van der Waals surface area contributed by atoms with Crippen molar-refractivity contribution in [3.63, 3.8) is 0 Å². The number of thioether (sulfide) groups is 1. The van der Waals surface area contributed by atoms with Crippen molar-refractivity contribution in [3.8, 4) is 0 Å². The summed E-state index contributed by atoms with van der Waals surface area (Å²) in [6, 6.07) is 5.87. The van der Waals surface area contributed by atoms with Gasteiger partial charge >= 0.3 is 5.97 Å². The third-order valence-electron chi connectivity index (χ3n) is 6.89. The number of piperidine rings is 1. The Labute approximate surface area is 227 Å². The molecule has 8 nitrogen and oxygen atoms in total. The second-order valence-corrected chi connectivity index (χ2v) is 11.2. The van der Waals surface area contributed by atoms with E-state index in [0.29, 0.717) is 51.1 Å². The molecule has 1 aliphatic heterocycles. The summed E-state index contributed by atoms with van der Waals surface area (Å²) in [5.41, 5.74) is 2.19. The fourth-order valence-corrected chi connectivity index (χ4v) is 5.82. The molecule has 0 bridgehead atoms. The van der Waals surface area contributed by atoms with Gasteiger partial charge in [0.2, 0.25) is 0 Å². The molecule has 1 aromatic heterocycles. The number of esters is 1. The molecule has 0 spiro atoms. The highest BCUT2D eigenvalue weighted by Crippen LogP contribution is 2.40. The Bertz CT molecular complexity index is 1180. The van der Waals surface area contributed by atoms with Gasteiger partial charge in [0, 0.05) is 49.7 Å². The molecule has 0 amide bonds. The number of nitrogens with zero attached hydrogens (tertiary/aromatic N) is 4. The summed E-state index contributed by atoms with van der Waals surface area (Å²) in [6.07, 6.45) is 7.82. The van der Waals surface area contributed by atoms with E-state index in [2.05, 4.69) is 15.2 Å². The molecule has 2 unspecified atom stereocenters. The molecule has 0 N–H and O–H groups in total. The molecule has 204 valence electrons. The van der Waals surface area contributed by atoms with Gasteiger partial charge in [-0.05, 0) is 56.7 Å². The lowest BCUT2D eigenvalue weighted by Crippen LogP contribution is -2.43. The van der Waals surface area contributed by atoms with Gasteiger partial charge < -0.3 is 4.74 Å². The number of likely N-dealkylation sites (tertiary alicyclic amines) is 1. The number of rotatable bonds is 12. The summed E-state index contributed by atoms with van der Waals surface area (Å²) >= 11 is 1.29. The van der Waals surface area contributed by atoms with Crippen LogP contribution in [0.3, 0.4) is 0 Å². The normalized spacial score (nSPS) is 19.9. The summed E-state index contributed by atoms with van der Waals surface area (Å²) in [4.78, 5) is 39.1. The number of hydrogen-bond acceptors (Lipinski definition) is 8. The van der Waals surface area contributed by atoms with Crippen LogP contribution in [0, 0.1) is 11.7 Å². The molecule has 38 heavy (non-hydrogen) atoms. The largest absolute Gasteiger partial charge is 0.466 e. The Hall–Kier alpha value is -2.85. The van der Waals surface area contributed by atoms with Gasteiger partial charge in [-0.2, -0.15) is 0 Å². The van der Waals surface area contributed by atoms with E-state index >= 15 is 0 Å². The number of aryl methyl sites for hydroxylation is 1. The molecule has 1 aromatic carbocycles. The zero-order valence-electron chi connectivity index (χ0n) is 22.0. The van der Waals surface area contributed by atoms with Gasteiger partial charge in [0.1, 0.15) is 5.82 Å². The number of ketones is 1. The quantitative estimate of drug-likeness (QED) is 0.284. The summed E-state index contributed by atoms with van der Waals surface area (Å²) < 4.78 is 21.7. The third-order valence-corrected chi connectivity index (χ3v) is 8.04. The van der Waals surface area contributed by atoms with Crippen LogP contribution in [0.5, 0.6) is 0 Å². The molecular formula is C28H35FN4O4S. The predicted octanol–water partition coefficient (Wildman–Crippen LogP) is 4.61. The summed E-state index contributed by atoms with van der Waals surface area (Å²) in [5, 5.41) is 8.26. The van der Waals surface area contributed by atoms with Crippen LogP contribution in [0.1, 0.15) is 69.7 Å². The summed E-state index contributed by atoms with van der Waals surface area (Å²) in [7, 11) is 0. The molecule has 2 heterocycles. The van der Waals surface area contributed by atoms with Crippen LogP contribution in [0.2, 0.25) is 0 Å². The van der Waals surface area contributed by atoms with Crippen LogP contribution in [-0.4, -0.2) is 61.7 Å². The van der Waals surface area contributed by atoms with Gasteiger partial charge in [0.25, 0.3) is 0 Å². The van der Waals surface area contributed by atoms with Crippen molar-refractivity contribution in [1.29, 1.82) is 0 Å². The number of carbonyl (C=O) groups is 3. The van der Waals surface area contributed by atoms with Crippen LogP contribution in [0.4, 0.5) is 4.39 Å².